The number of nitrogen functional groups attached to an aromatic ring is 1. The summed E-state index contributed by atoms with van der Waals surface area (Å²) in [5.41, 5.74) is 6.75. The number of carbonyl (C=O) groups is 1. The van der Waals surface area contributed by atoms with Crippen LogP contribution in [-0.2, 0) is 11.3 Å². The number of hydrogen-bond acceptors (Lipinski definition) is 3. The number of nitrogens with two attached hydrogens (primary N) is 1. The van der Waals surface area contributed by atoms with Crippen LogP contribution in [0.2, 0.25) is 0 Å². The van der Waals surface area contributed by atoms with Crippen LogP contribution in [0.15, 0.2) is 17.1 Å². The first-order chi connectivity index (χ1) is 8.31. The average molecular weight is 251 g/mol. The third kappa shape index (κ3) is 3.61. The molecule has 0 aliphatic carbocycles. The lowest BCUT2D eigenvalue weighted by atomic mass is 10.1. The van der Waals surface area contributed by atoms with Crippen LogP contribution in [0.5, 0.6) is 0 Å². The smallest absolute Gasteiger partial charge is 0.251 e. The minimum atomic E-state index is -0.214. The highest BCUT2D eigenvalue weighted by Crippen LogP contribution is 2.05. The monoisotopic (exact) mass is 251 g/mol. The van der Waals surface area contributed by atoms with E-state index in [0.29, 0.717) is 11.6 Å². The van der Waals surface area contributed by atoms with Crippen molar-refractivity contribution < 1.29 is 4.79 Å². The van der Waals surface area contributed by atoms with E-state index in [2.05, 4.69) is 5.32 Å². The summed E-state index contributed by atoms with van der Waals surface area (Å²) in [6, 6.07) is 1.52. The molecule has 1 aromatic rings. The number of pyridine rings is 1. The Kier molecular flexibility index (Phi) is 4.53. The molecule has 0 aromatic carbocycles. The van der Waals surface area contributed by atoms with Crippen LogP contribution in [0.3, 0.4) is 0 Å². The van der Waals surface area contributed by atoms with Crippen molar-refractivity contribution in [2.45, 2.75) is 40.3 Å². The largest absolute Gasteiger partial charge is 0.397 e. The van der Waals surface area contributed by atoms with Gasteiger partial charge in [-0.1, -0.05) is 13.8 Å². The molecule has 18 heavy (non-hydrogen) atoms. The molecule has 1 amide bonds. The highest BCUT2D eigenvalue weighted by atomic mass is 16.2. The van der Waals surface area contributed by atoms with E-state index < -0.39 is 0 Å². The maximum Gasteiger partial charge on any atom is 0.251 e. The van der Waals surface area contributed by atoms with Crippen LogP contribution >= 0.6 is 0 Å². The van der Waals surface area contributed by atoms with E-state index in [1.807, 2.05) is 20.8 Å². The number of carbonyl (C=O) groups excluding carboxylic acids is 1. The fourth-order valence-electron chi connectivity index (χ4n) is 1.43. The molecule has 100 valence electrons. The number of nitrogens with one attached hydrogen (secondary N) is 1. The Bertz CT molecular complexity index is 491. The first-order valence-corrected chi connectivity index (χ1v) is 6.07. The second-order valence-electron chi connectivity index (χ2n) is 4.98. The standard InChI is InChI=1S/C13H21N3O2/c1-8(2)10(4)15-12(17)7-16-6-11(14)9(3)5-13(16)18/h5-6,8,10H,7,14H2,1-4H3,(H,15,17). The fourth-order valence-corrected chi connectivity index (χ4v) is 1.43. The Morgan fingerprint density at radius 2 is 2.06 bits per heavy atom. The average Bonchev–Trinajstić information content (AvgIpc) is 2.25. The predicted octanol–water partition coefficient (Wildman–Crippen LogP) is 0.900. The van der Waals surface area contributed by atoms with Crippen molar-refractivity contribution >= 4 is 11.6 Å². The van der Waals surface area contributed by atoms with Crippen LogP contribution in [0.25, 0.3) is 0 Å². The predicted molar refractivity (Wildman–Crippen MR) is 72.3 cm³/mol. The van der Waals surface area contributed by atoms with Gasteiger partial charge < -0.3 is 15.6 Å². The lowest BCUT2D eigenvalue weighted by Gasteiger charge is -2.18. The zero-order chi connectivity index (χ0) is 13.9. The number of nitrogens with zero attached hydrogens (tertiary/aromatic N) is 1. The first-order valence-electron chi connectivity index (χ1n) is 6.07. The highest BCUT2D eigenvalue weighted by molar-refractivity contribution is 5.76. The van der Waals surface area contributed by atoms with Gasteiger partial charge in [0.05, 0.1) is 5.69 Å². The summed E-state index contributed by atoms with van der Waals surface area (Å²) < 4.78 is 1.32. The van der Waals surface area contributed by atoms with E-state index in [-0.39, 0.29) is 24.1 Å². The van der Waals surface area contributed by atoms with Gasteiger partial charge in [-0.05, 0) is 25.3 Å². The third-order valence-electron chi connectivity index (χ3n) is 3.08. The van der Waals surface area contributed by atoms with Crippen LogP contribution in [0, 0.1) is 12.8 Å². The first kappa shape index (κ1) is 14.3. The Morgan fingerprint density at radius 1 is 1.44 bits per heavy atom. The van der Waals surface area contributed by atoms with Gasteiger partial charge in [-0.3, -0.25) is 9.59 Å². The van der Waals surface area contributed by atoms with Gasteiger partial charge in [0.25, 0.3) is 5.56 Å². The van der Waals surface area contributed by atoms with E-state index in [0.717, 1.165) is 5.56 Å². The molecule has 1 aromatic heterocycles. The van der Waals surface area contributed by atoms with Gasteiger partial charge >= 0.3 is 0 Å². The number of amides is 1. The molecule has 0 spiro atoms. The summed E-state index contributed by atoms with van der Waals surface area (Å²) in [5.74, 6) is 0.176. The molecular weight excluding hydrogens is 230 g/mol. The van der Waals surface area contributed by atoms with Gasteiger partial charge in [-0.2, -0.15) is 0 Å². The van der Waals surface area contributed by atoms with Crippen LogP contribution < -0.4 is 16.6 Å². The van der Waals surface area contributed by atoms with Gasteiger partial charge in [0.2, 0.25) is 5.91 Å². The van der Waals surface area contributed by atoms with E-state index in [1.54, 1.807) is 6.92 Å². The van der Waals surface area contributed by atoms with E-state index in [4.69, 9.17) is 5.73 Å². The second-order valence-corrected chi connectivity index (χ2v) is 4.98. The van der Waals surface area contributed by atoms with Crippen LogP contribution in [-0.4, -0.2) is 16.5 Å². The Labute approximate surface area is 107 Å². The number of aromatic nitrogens is 1. The maximum absolute atomic E-state index is 11.8. The van der Waals surface area contributed by atoms with Crippen molar-refractivity contribution in [1.29, 1.82) is 0 Å². The van der Waals surface area contributed by atoms with Crippen LogP contribution in [0.1, 0.15) is 26.3 Å². The van der Waals surface area contributed by atoms with Crippen LogP contribution in [0.4, 0.5) is 5.69 Å². The molecule has 0 bridgehead atoms. The van der Waals surface area contributed by atoms with E-state index in [1.165, 1.54) is 16.8 Å². The maximum atomic E-state index is 11.8. The minimum Gasteiger partial charge on any atom is -0.397 e. The Hall–Kier alpha value is -1.78. The molecule has 5 heteroatoms. The lowest BCUT2D eigenvalue weighted by molar-refractivity contribution is -0.122. The summed E-state index contributed by atoms with van der Waals surface area (Å²) in [4.78, 5) is 23.4. The van der Waals surface area contributed by atoms with Crippen molar-refractivity contribution in [1.82, 2.24) is 9.88 Å². The molecule has 0 aliphatic heterocycles. The zero-order valence-electron chi connectivity index (χ0n) is 11.4. The minimum absolute atomic E-state index is 0.000370. The second kappa shape index (κ2) is 5.71. The van der Waals surface area contributed by atoms with Crippen molar-refractivity contribution in [3.63, 3.8) is 0 Å². The van der Waals surface area contributed by atoms with E-state index in [9.17, 15) is 9.59 Å². The zero-order valence-corrected chi connectivity index (χ0v) is 11.4. The summed E-state index contributed by atoms with van der Waals surface area (Å²) in [6.07, 6.45) is 1.51. The molecule has 0 fully saturated rings. The highest BCUT2D eigenvalue weighted by Gasteiger charge is 2.12. The molecule has 0 saturated heterocycles. The van der Waals surface area contributed by atoms with Gasteiger partial charge in [0, 0.05) is 18.3 Å². The number of hydrogen-bond donors (Lipinski definition) is 2. The molecule has 0 radical (unpaired) electrons. The molecular formula is C13H21N3O2. The van der Waals surface area contributed by atoms with E-state index >= 15 is 0 Å². The molecule has 1 heterocycles. The van der Waals surface area contributed by atoms with Gasteiger partial charge in [-0.25, -0.2) is 0 Å². The van der Waals surface area contributed by atoms with Crippen molar-refractivity contribution in [2.24, 2.45) is 5.92 Å². The molecule has 1 atom stereocenters. The summed E-state index contributed by atoms with van der Waals surface area (Å²) in [7, 11) is 0. The summed E-state index contributed by atoms with van der Waals surface area (Å²) >= 11 is 0. The molecule has 1 rings (SSSR count). The molecule has 0 saturated carbocycles. The lowest BCUT2D eigenvalue weighted by Crippen LogP contribution is -2.39. The van der Waals surface area contributed by atoms with Crippen molar-refractivity contribution in [2.75, 3.05) is 5.73 Å². The van der Waals surface area contributed by atoms with Crippen molar-refractivity contribution in [3.8, 4) is 0 Å². The van der Waals surface area contributed by atoms with Gasteiger partial charge in [0.1, 0.15) is 6.54 Å². The van der Waals surface area contributed by atoms with Crippen molar-refractivity contribution in [3.05, 3.63) is 28.2 Å². The summed E-state index contributed by atoms with van der Waals surface area (Å²) in [6.45, 7) is 7.76. The third-order valence-corrected chi connectivity index (χ3v) is 3.08. The Balaban J connectivity index is 2.77. The summed E-state index contributed by atoms with van der Waals surface area (Å²) in [5, 5.41) is 2.85. The van der Waals surface area contributed by atoms with Gasteiger partial charge in [0.15, 0.2) is 0 Å². The topological polar surface area (TPSA) is 77.1 Å². The SMILES string of the molecule is Cc1cc(=O)n(CC(=O)NC(C)C(C)C)cc1N. The molecule has 1 unspecified atom stereocenters. The number of anilines is 1. The number of rotatable bonds is 4. The Morgan fingerprint density at radius 3 is 2.61 bits per heavy atom. The quantitative estimate of drug-likeness (QED) is 0.834. The number of aryl methyl sites for hydroxylation is 1. The molecule has 5 nitrogen and oxygen atoms in total. The molecule has 3 N–H and O–H groups in total. The normalized spacial score (nSPS) is 12.5. The van der Waals surface area contributed by atoms with Gasteiger partial charge in [-0.15, -0.1) is 0 Å². The fraction of sp³-hybridized carbons (Fsp3) is 0.538. The molecule has 0 aliphatic rings.